The molecule has 0 saturated carbocycles. The van der Waals surface area contributed by atoms with Gasteiger partial charge in [0.25, 0.3) is 0 Å². The smallest absolute Gasteiger partial charge is 0.241 e. The molecule has 6 nitrogen and oxygen atoms in total. The van der Waals surface area contributed by atoms with Crippen LogP contribution in [-0.4, -0.2) is 34.8 Å². The summed E-state index contributed by atoms with van der Waals surface area (Å²) < 4.78 is 30.9. The van der Waals surface area contributed by atoms with E-state index in [1.54, 1.807) is 12.1 Å². The van der Waals surface area contributed by atoms with Gasteiger partial charge in [0.15, 0.2) is 0 Å². The van der Waals surface area contributed by atoms with Crippen LogP contribution in [-0.2, 0) is 10.0 Å². The number of benzene rings is 2. The van der Waals surface area contributed by atoms with Gasteiger partial charge in [0.2, 0.25) is 10.0 Å². The summed E-state index contributed by atoms with van der Waals surface area (Å²) in [6.07, 6.45) is 3.57. The molecule has 0 saturated heterocycles. The predicted octanol–water partition coefficient (Wildman–Crippen LogP) is 4.16. The third-order valence-electron chi connectivity index (χ3n) is 4.14. The Morgan fingerprint density at radius 2 is 1.69 bits per heavy atom. The molecule has 0 spiro atoms. The predicted molar refractivity (Wildman–Crippen MR) is 110 cm³/mol. The first kappa shape index (κ1) is 20.7. The molecule has 0 aliphatic heterocycles. The van der Waals surface area contributed by atoms with Crippen LogP contribution in [0, 0.1) is 4.91 Å². The molecular weight excluding hydrogens is 370 g/mol. The standard InChI is InChI=1S/C18H25N3O3S2/c1-21(2)17-11-7-10-16-15(17)9-8-12-18(16)26(23,24)19-13-5-3-4-6-14-25-20-22/h7-12,19H,3-6,13-14H2,1-2H3. The lowest BCUT2D eigenvalue weighted by Crippen LogP contribution is -2.25. The van der Waals surface area contributed by atoms with Gasteiger partial charge in [-0.05, 0) is 25.0 Å². The summed E-state index contributed by atoms with van der Waals surface area (Å²) in [6, 6.07) is 11.1. The first-order chi connectivity index (χ1) is 12.5. The second-order valence-corrected chi connectivity index (χ2v) is 8.79. The number of nitroso groups, excluding NO2 is 1. The number of nitrogens with one attached hydrogen (secondary N) is 1. The minimum absolute atomic E-state index is 0.312. The zero-order valence-electron chi connectivity index (χ0n) is 15.1. The molecule has 0 aliphatic rings. The van der Waals surface area contributed by atoms with E-state index in [1.165, 1.54) is 0 Å². The van der Waals surface area contributed by atoms with Gasteiger partial charge in [0.1, 0.15) is 0 Å². The van der Waals surface area contributed by atoms with E-state index in [2.05, 4.69) is 9.30 Å². The lowest BCUT2D eigenvalue weighted by molar-refractivity contribution is 0.574. The maximum absolute atomic E-state index is 12.7. The number of sulfonamides is 1. The Morgan fingerprint density at radius 3 is 2.42 bits per heavy atom. The SMILES string of the molecule is CN(C)c1cccc2c(S(=O)(=O)NCCCCCCSN=O)cccc12. The minimum atomic E-state index is -3.56. The van der Waals surface area contributed by atoms with Crippen molar-refractivity contribution in [2.24, 2.45) is 4.58 Å². The fourth-order valence-electron chi connectivity index (χ4n) is 2.86. The quantitative estimate of drug-likeness (QED) is 0.351. The molecule has 2 aromatic carbocycles. The Bertz CT molecular complexity index is 839. The van der Waals surface area contributed by atoms with Gasteiger partial charge in [-0.25, -0.2) is 13.1 Å². The van der Waals surface area contributed by atoms with Crippen LogP contribution in [0.15, 0.2) is 45.9 Å². The van der Waals surface area contributed by atoms with Crippen LogP contribution in [0.3, 0.4) is 0 Å². The molecule has 0 fully saturated rings. The van der Waals surface area contributed by atoms with Crippen molar-refractivity contribution in [1.29, 1.82) is 0 Å². The van der Waals surface area contributed by atoms with Gasteiger partial charge in [-0.2, -0.15) is 0 Å². The zero-order valence-corrected chi connectivity index (χ0v) is 16.8. The minimum Gasteiger partial charge on any atom is -0.377 e. The molecule has 0 unspecified atom stereocenters. The Kier molecular flexibility index (Phi) is 7.86. The van der Waals surface area contributed by atoms with E-state index >= 15 is 0 Å². The summed E-state index contributed by atoms with van der Waals surface area (Å²) in [7, 11) is 0.325. The highest BCUT2D eigenvalue weighted by molar-refractivity contribution is 7.97. The third-order valence-corrected chi connectivity index (χ3v) is 6.23. The first-order valence-corrected chi connectivity index (χ1v) is 11.0. The molecule has 26 heavy (non-hydrogen) atoms. The number of hydrogen-bond acceptors (Lipinski definition) is 6. The van der Waals surface area contributed by atoms with E-state index in [9.17, 15) is 13.3 Å². The summed E-state index contributed by atoms with van der Waals surface area (Å²) in [5.41, 5.74) is 0.988. The Labute approximate surface area is 159 Å². The van der Waals surface area contributed by atoms with E-state index in [4.69, 9.17) is 0 Å². The molecule has 0 aromatic heterocycles. The van der Waals surface area contributed by atoms with Crippen molar-refractivity contribution in [3.8, 4) is 0 Å². The van der Waals surface area contributed by atoms with Crippen LogP contribution >= 0.6 is 11.9 Å². The molecule has 0 heterocycles. The van der Waals surface area contributed by atoms with Crippen molar-refractivity contribution < 1.29 is 8.42 Å². The lowest BCUT2D eigenvalue weighted by atomic mass is 10.1. The van der Waals surface area contributed by atoms with Crippen LogP contribution < -0.4 is 9.62 Å². The molecule has 0 atom stereocenters. The van der Waals surface area contributed by atoms with Crippen molar-refractivity contribution >= 4 is 38.4 Å². The molecule has 0 bridgehead atoms. The summed E-state index contributed by atoms with van der Waals surface area (Å²) in [6.45, 7) is 0.408. The topological polar surface area (TPSA) is 78.8 Å². The number of fused-ring (bicyclic) bond motifs is 1. The van der Waals surface area contributed by atoms with Crippen LogP contribution in [0.1, 0.15) is 25.7 Å². The van der Waals surface area contributed by atoms with Gasteiger partial charge in [-0.15, -0.1) is 4.91 Å². The van der Waals surface area contributed by atoms with Crippen molar-refractivity contribution in [2.45, 2.75) is 30.6 Å². The fourth-order valence-corrected chi connectivity index (χ4v) is 4.56. The van der Waals surface area contributed by atoms with Crippen molar-refractivity contribution in [3.05, 3.63) is 41.3 Å². The summed E-state index contributed by atoms with van der Waals surface area (Å²) in [5, 5.41) is 1.64. The average Bonchev–Trinajstić information content (AvgIpc) is 2.62. The normalized spacial score (nSPS) is 11.6. The van der Waals surface area contributed by atoms with Crippen molar-refractivity contribution in [3.63, 3.8) is 0 Å². The van der Waals surface area contributed by atoms with Gasteiger partial charge in [0.05, 0.1) is 4.90 Å². The molecular formula is C18H25N3O3S2. The third kappa shape index (κ3) is 5.43. The molecule has 1 N–H and O–H groups in total. The number of hydrogen-bond donors (Lipinski definition) is 1. The van der Waals surface area contributed by atoms with E-state index in [0.717, 1.165) is 59.8 Å². The molecule has 8 heteroatoms. The maximum atomic E-state index is 12.7. The summed E-state index contributed by atoms with van der Waals surface area (Å²) >= 11 is 1.03. The van der Waals surface area contributed by atoms with Crippen LogP contribution in [0.25, 0.3) is 10.8 Å². The molecule has 0 aliphatic carbocycles. The fraction of sp³-hybridized carbons (Fsp3) is 0.444. The number of rotatable bonds is 11. The van der Waals surface area contributed by atoms with Crippen LogP contribution in [0.2, 0.25) is 0 Å². The van der Waals surface area contributed by atoms with Crippen LogP contribution in [0.4, 0.5) is 5.69 Å². The van der Waals surface area contributed by atoms with Gasteiger partial charge < -0.3 is 4.90 Å². The monoisotopic (exact) mass is 395 g/mol. The largest absolute Gasteiger partial charge is 0.377 e. The molecule has 0 amide bonds. The van der Waals surface area contributed by atoms with Crippen LogP contribution in [0.5, 0.6) is 0 Å². The molecule has 0 radical (unpaired) electrons. The van der Waals surface area contributed by atoms with Gasteiger partial charge in [0, 0.05) is 59.4 Å². The maximum Gasteiger partial charge on any atom is 0.241 e. The highest BCUT2D eigenvalue weighted by atomic mass is 32.2. The average molecular weight is 396 g/mol. The Balaban J connectivity index is 2.03. The van der Waals surface area contributed by atoms with Gasteiger partial charge in [-0.1, -0.05) is 37.1 Å². The van der Waals surface area contributed by atoms with Crippen molar-refractivity contribution in [1.82, 2.24) is 4.72 Å². The zero-order chi connectivity index (χ0) is 19.0. The number of nitrogens with zero attached hydrogens (tertiary/aromatic N) is 2. The first-order valence-electron chi connectivity index (χ1n) is 8.61. The number of anilines is 1. The van der Waals surface area contributed by atoms with Gasteiger partial charge in [-0.3, -0.25) is 0 Å². The van der Waals surface area contributed by atoms with E-state index in [1.807, 2.05) is 43.3 Å². The molecule has 2 rings (SSSR count). The summed E-state index contributed by atoms with van der Waals surface area (Å²) in [5.74, 6) is 0.722. The second-order valence-electron chi connectivity index (χ2n) is 6.24. The highest BCUT2D eigenvalue weighted by Crippen LogP contribution is 2.30. The Hall–Kier alpha value is -1.64. The molecule has 2 aromatic rings. The second kappa shape index (κ2) is 9.89. The van der Waals surface area contributed by atoms with Crippen molar-refractivity contribution in [2.75, 3.05) is 31.3 Å². The highest BCUT2D eigenvalue weighted by Gasteiger charge is 2.17. The number of unbranched alkanes of at least 4 members (excludes halogenated alkanes) is 3. The van der Waals surface area contributed by atoms with E-state index < -0.39 is 10.0 Å². The van der Waals surface area contributed by atoms with Gasteiger partial charge >= 0.3 is 0 Å². The molecule has 142 valence electrons. The Morgan fingerprint density at radius 1 is 1.00 bits per heavy atom. The summed E-state index contributed by atoms with van der Waals surface area (Å²) in [4.78, 5) is 12.3. The van der Waals surface area contributed by atoms with E-state index in [-0.39, 0.29) is 0 Å². The lowest BCUT2D eigenvalue weighted by Gasteiger charge is -2.17. The van der Waals surface area contributed by atoms with E-state index in [0.29, 0.717) is 11.4 Å².